The molecule has 1 aliphatic heterocycles. The van der Waals surface area contributed by atoms with Crippen LogP contribution < -0.4 is 25.0 Å². The van der Waals surface area contributed by atoms with E-state index in [0.29, 0.717) is 22.7 Å². The molecule has 3 rings (SSSR count). The van der Waals surface area contributed by atoms with Crippen LogP contribution in [-0.4, -0.2) is 33.4 Å². The first-order valence-corrected chi connectivity index (χ1v) is 10.3. The van der Waals surface area contributed by atoms with Crippen molar-refractivity contribution in [3.8, 4) is 11.5 Å². The number of nitrogens with one attached hydrogen (secondary N) is 3. The number of sulfonamides is 1. The van der Waals surface area contributed by atoms with Crippen molar-refractivity contribution in [1.82, 2.24) is 10.3 Å². The lowest BCUT2D eigenvalue weighted by Crippen LogP contribution is -2.41. The number of fused-ring (bicyclic) bond motifs is 1. The zero-order valence-electron chi connectivity index (χ0n) is 16.1. The zero-order valence-corrected chi connectivity index (χ0v) is 16.9. The minimum atomic E-state index is -4.02. The molecule has 0 bridgehead atoms. The zero-order chi connectivity index (χ0) is 21.2. The summed E-state index contributed by atoms with van der Waals surface area (Å²) in [5, 5.41) is 2.63. The van der Waals surface area contributed by atoms with Crippen molar-refractivity contribution < 1.29 is 27.5 Å². The molecule has 0 spiro atoms. The molecule has 10 heteroatoms. The highest BCUT2D eigenvalue weighted by atomic mass is 32.2. The van der Waals surface area contributed by atoms with Crippen LogP contribution in [0, 0.1) is 0 Å². The summed E-state index contributed by atoms with van der Waals surface area (Å²) >= 11 is 0. The number of anilines is 1. The summed E-state index contributed by atoms with van der Waals surface area (Å²) < 4.78 is 35.8. The van der Waals surface area contributed by atoms with Gasteiger partial charge in [-0.05, 0) is 55.8 Å². The quantitative estimate of drug-likeness (QED) is 0.586. The fourth-order valence-corrected chi connectivity index (χ4v) is 3.67. The molecule has 154 valence electrons. The number of ether oxygens (including phenoxy) is 2. The van der Waals surface area contributed by atoms with Gasteiger partial charge in [0, 0.05) is 11.3 Å². The van der Waals surface area contributed by atoms with Crippen molar-refractivity contribution in [2.45, 2.75) is 31.3 Å². The lowest BCUT2D eigenvalue weighted by atomic mass is 10.2. The van der Waals surface area contributed by atoms with Crippen molar-refractivity contribution in [3.05, 3.63) is 47.5 Å². The lowest BCUT2D eigenvalue weighted by Gasteiger charge is -2.14. The molecule has 2 aromatic carbocycles. The largest absolute Gasteiger partial charge is 0.493 e. The molecule has 29 heavy (non-hydrogen) atoms. The maximum Gasteiger partial charge on any atom is 0.266 e. The van der Waals surface area contributed by atoms with Crippen LogP contribution in [0.3, 0.4) is 0 Å². The highest BCUT2D eigenvalue weighted by Gasteiger charge is 2.22. The highest BCUT2D eigenvalue weighted by Crippen LogP contribution is 2.29. The second-order valence-electron chi connectivity index (χ2n) is 6.64. The predicted octanol–water partition coefficient (Wildman–Crippen LogP) is 1.60. The van der Waals surface area contributed by atoms with Gasteiger partial charge < -0.3 is 14.8 Å². The van der Waals surface area contributed by atoms with E-state index in [2.05, 4.69) is 15.6 Å². The van der Waals surface area contributed by atoms with Crippen molar-refractivity contribution in [1.29, 1.82) is 0 Å². The molecule has 0 radical (unpaired) electrons. The van der Waals surface area contributed by atoms with E-state index in [9.17, 15) is 18.0 Å². The monoisotopic (exact) mass is 419 g/mol. The van der Waals surface area contributed by atoms with Crippen LogP contribution in [0.15, 0.2) is 41.3 Å². The highest BCUT2D eigenvalue weighted by molar-refractivity contribution is 7.89. The Morgan fingerprint density at radius 3 is 2.59 bits per heavy atom. The van der Waals surface area contributed by atoms with Crippen molar-refractivity contribution in [3.63, 3.8) is 0 Å². The van der Waals surface area contributed by atoms with Gasteiger partial charge in [-0.15, -0.1) is 4.83 Å². The Hall–Kier alpha value is -3.11. The molecular formula is C19H21N3O6S. The molecular weight excluding hydrogens is 398 g/mol. The molecule has 0 saturated heterocycles. The number of amides is 2. The fraction of sp³-hybridized carbons (Fsp3) is 0.263. The third-order valence-corrected chi connectivity index (χ3v) is 5.34. The molecule has 0 atom stereocenters. The normalized spacial score (nSPS) is 13.0. The third-order valence-electron chi connectivity index (χ3n) is 4.10. The Kier molecular flexibility index (Phi) is 5.76. The van der Waals surface area contributed by atoms with Crippen LogP contribution in [-0.2, 0) is 21.2 Å². The van der Waals surface area contributed by atoms with E-state index in [4.69, 9.17) is 9.47 Å². The van der Waals surface area contributed by atoms with Crippen LogP contribution in [0.1, 0.15) is 29.8 Å². The Labute approximate surface area is 168 Å². The summed E-state index contributed by atoms with van der Waals surface area (Å²) in [5.41, 5.74) is 3.51. The van der Waals surface area contributed by atoms with Gasteiger partial charge in [-0.3, -0.25) is 15.0 Å². The number of carbonyl (C=O) groups is 2. The summed E-state index contributed by atoms with van der Waals surface area (Å²) in [6.07, 6.45) is 0.0310. The number of carbonyl (C=O) groups excluding carboxylic acids is 2. The molecule has 2 aromatic rings. The van der Waals surface area contributed by atoms with Gasteiger partial charge in [0.05, 0.1) is 24.5 Å². The van der Waals surface area contributed by atoms with Gasteiger partial charge in [0.1, 0.15) is 0 Å². The van der Waals surface area contributed by atoms with Gasteiger partial charge in [-0.2, -0.15) is 0 Å². The van der Waals surface area contributed by atoms with Crippen molar-refractivity contribution in [2.24, 2.45) is 0 Å². The van der Waals surface area contributed by atoms with Gasteiger partial charge in [0.25, 0.3) is 15.9 Å². The van der Waals surface area contributed by atoms with E-state index >= 15 is 0 Å². The predicted molar refractivity (Wildman–Crippen MR) is 105 cm³/mol. The molecule has 0 unspecified atom stereocenters. The number of benzene rings is 2. The number of hydrogen-bond acceptors (Lipinski definition) is 6. The van der Waals surface area contributed by atoms with E-state index in [0.717, 1.165) is 0 Å². The summed E-state index contributed by atoms with van der Waals surface area (Å²) in [7, 11) is -2.57. The van der Waals surface area contributed by atoms with Crippen LogP contribution in [0.25, 0.3) is 0 Å². The fourth-order valence-electron chi connectivity index (χ4n) is 2.78. The number of hydrazine groups is 1. The molecule has 1 heterocycles. The smallest absolute Gasteiger partial charge is 0.266 e. The summed E-state index contributed by atoms with van der Waals surface area (Å²) in [6.45, 7) is 3.72. The summed E-state index contributed by atoms with van der Waals surface area (Å²) in [6, 6.07) is 8.77. The van der Waals surface area contributed by atoms with Crippen LogP contribution in [0.2, 0.25) is 0 Å². The number of hydrogen-bond donors (Lipinski definition) is 3. The Morgan fingerprint density at radius 2 is 1.90 bits per heavy atom. The molecule has 0 fully saturated rings. The van der Waals surface area contributed by atoms with E-state index in [-0.39, 0.29) is 28.9 Å². The van der Waals surface area contributed by atoms with E-state index < -0.39 is 15.9 Å². The molecule has 1 aliphatic rings. The first kappa shape index (κ1) is 20.6. The molecule has 0 aromatic heterocycles. The van der Waals surface area contributed by atoms with Crippen LogP contribution in [0.5, 0.6) is 11.5 Å². The van der Waals surface area contributed by atoms with Gasteiger partial charge in [0.15, 0.2) is 11.5 Å². The Bertz CT molecular complexity index is 1070. The average molecular weight is 419 g/mol. The van der Waals surface area contributed by atoms with E-state index in [1.807, 2.05) is 13.8 Å². The van der Waals surface area contributed by atoms with E-state index in [1.165, 1.54) is 37.4 Å². The first-order valence-electron chi connectivity index (χ1n) is 8.79. The van der Waals surface area contributed by atoms with Gasteiger partial charge in [0.2, 0.25) is 5.91 Å². The molecule has 9 nitrogen and oxygen atoms in total. The SMILES string of the molecule is COc1cc(C(=O)NNS(=O)(=O)c2ccc3c(c2)CC(=O)N3)ccc1OC(C)C. The third kappa shape index (κ3) is 4.66. The molecule has 3 N–H and O–H groups in total. The minimum absolute atomic E-state index is 0.0636. The van der Waals surface area contributed by atoms with Gasteiger partial charge >= 0.3 is 0 Å². The first-order chi connectivity index (χ1) is 13.7. The van der Waals surface area contributed by atoms with Crippen LogP contribution >= 0.6 is 0 Å². The molecule has 0 aliphatic carbocycles. The number of methoxy groups -OCH3 is 1. The van der Waals surface area contributed by atoms with Crippen LogP contribution in [0.4, 0.5) is 5.69 Å². The Morgan fingerprint density at radius 1 is 1.14 bits per heavy atom. The Balaban J connectivity index is 1.71. The standard InChI is InChI=1S/C19H21N3O6S/c1-11(2)28-16-7-4-12(9-17(16)27-3)19(24)21-22-29(25,26)14-5-6-15-13(8-14)10-18(23)20-15/h4-9,11,22H,10H2,1-3H3,(H,20,23)(H,21,24). The molecule has 2 amide bonds. The second kappa shape index (κ2) is 8.10. The van der Waals surface area contributed by atoms with Gasteiger partial charge in [-0.1, -0.05) is 0 Å². The minimum Gasteiger partial charge on any atom is -0.493 e. The number of rotatable bonds is 7. The maximum atomic E-state index is 12.5. The van der Waals surface area contributed by atoms with E-state index in [1.54, 1.807) is 6.07 Å². The second-order valence-corrected chi connectivity index (χ2v) is 8.32. The summed E-state index contributed by atoms with van der Waals surface area (Å²) in [4.78, 5) is 25.8. The summed E-state index contributed by atoms with van der Waals surface area (Å²) in [5.74, 6) is -0.0402. The lowest BCUT2D eigenvalue weighted by molar-refractivity contribution is -0.115. The van der Waals surface area contributed by atoms with Crippen molar-refractivity contribution >= 4 is 27.5 Å². The maximum absolute atomic E-state index is 12.5. The average Bonchev–Trinajstić information content (AvgIpc) is 3.05. The van der Waals surface area contributed by atoms with Crippen molar-refractivity contribution in [2.75, 3.05) is 12.4 Å². The van der Waals surface area contributed by atoms with Gasteiger partial charge in [-0.25, -0.2) is 8.42 Å². The molecule has 0 saturated carbocycles. The topological polar surface area (TPSA) is 123 Å².